The van der Waals surface area contributed by atoms with Crippen molar-refractivity contribution in [3.8, 4) is 5.75 Å². The van der Waals surface area contributed by atoms with Gasteiger partial charge in [0.2, 0.25) is 11.7 Å². The largest absolute Gasteiger partial charge is 0.501 e. The van der Waals surface area contributed by atoms with Crippen molar-refractivity contribution in [3.05, 3.63) is 51.2 Å². The molecule has 3 rings (SSSR count). The second-order valence-electron chi connectivity index (χ2n) is 6.92. The van der Waals surface area contributed by atoms with E-state index in [2.05, 4.69) is 15.6 Å². The first-order valence-corrected chi connectivity index (χ1v) is 9.13. The van der Waals surface area contributed by atoms with Crippen LogP contribution in [0.2, 0.25) is 0 Å². The van der Waals surface area contributed by atoms with Crippen LogP contribution in [0.4, 0.5) is 10.3 Å². The van der Waals surface area contributed by atoms with Gasteiger partial charge in [0.1, 0.15) is 5.82 Å². The molecule has 0 radical (unpaired) electrons. The molecule has 2 amide bonds. The maximum Gasteiger partial charge on any atom is 0.298 e. The Bertz CT molecular complexity index is 1030. The van der Waals surface area contributed by atoms with Gasteiger partial charge >= 0.3 is 0 Å². The van der Waals surface area contributed by atoms with Gasteiger partial charge in [-0.1, -0.05) is 6.07 Å². The highest BCUT2D eigenvalue weighted by molar-refractivity contribution is 5.97. The van der Waals surface area contributed by atoms with Crippen molar-refractivity contribution < 1.29 is 19.1 Å². The van der Waals surface area contributed by atoms with Crippen molar-refractivity contribution in [1.29, 1.82) is 0 Å². The lowest BCUT2D eigenvalue weighted by atomic mass is 10.1. The third-order valence-electron chi connectivity index (χ3n) is 4.77. The molecule has 0 saturated heterocycles. The zero-order chi connectivity index (χ0) is 21.3. The molecule has 0 saturated carbocycles. The number of hydrogen-bond acceptors (Lipinski definition) is 6. The van der Waals surface area contributed by atoms with Crippen LogP contribution in [-0.4, -0.2) is 46.1 Å². The van der Waals surface area contributed by atoms with E-state index in [0.717, 1.165) is 6.07 Å². The molecule has 1 aliphatic rings. The average molecular weight is 403 g/mol. The third kappa shape index (κ3) is 3.78. The average Bonchev–Trinajstić information content (AvgIpc) is 3.13. The first-order valence-electron chi connectivity index (χ1n) is 9.13. The number of benzene rings is 1. The molecule has 2 heterocycles. The van der Waals surface area contributed by atoms with Crippen molar-refractivity contribution in [2.75, 3.05) is 18.5 Å². The van der Waals surface area contributed by atoms with E-state index in [-0.39, 0.29) is 18.2 Å². The number of rotatable bonds is 5. The molecular formula is C19H22FN5O4. The van der Waals surface area contributed by atoms with Gasteiger partial charge in [0.25, 0.3) is 17.4 Å². The van der Waals surface area contributed by atoms with E-state index in [1.807, 2.05) is 18.7 Å². The van der Waals surface area contributed by atoms with Crippen molar-refractivity contribution >= 4 is 17.8 Å². The van der Waals surface area contributed by atoms with Crippen LogP contribution >= 0.6 is 0 Å². The monoisotopic (exact) mass is 403 g/mol. The minimum Gasteiger partial charge on any atom is -0.501 e. The number of halogens is 1. The Labute approximate surface area is 166 Å². The van der Waals surface area contributed by atoms with Crippen LogP contribution in [-0.2, 0) is 13.1 Å². The third-order valence-corrected chi connectivity index (χ3v) is 4.77. The van der Waals surface area contributed by atoms with Gasteiger partial charge in [-0.3, -0.25) is 19.0 Å². The van der Waals surface area contributed by atoms with Crippen LogP contribution in [0.15, 0.2) is 23.0 Å². The molecule has 0 fully saturated rings. The van der Waals surface area contributed by atoms with Gasteiger partial charge in [0.15, 0.2) is 5.69 Å². The first-order chi connectivity index (χ1) is 13.7. The highest BCUT2D eigenvalue weighted by Gasteiger charge is 2.29. The number of amides is 2. The molecule has 1 aromatic carbocycles. The number of hydrogen-bond donors (Lipinski definition) is 3. The number of fused-ring (bicyclic) bond motifs is 1. The molecular weight excluding hydrogens is 381 g/mol. The zero-order valence-corrected chi connectivity index (χ0v) is 16.3. The first kappa shape index (κ1) is 20.3. The summed E-state index contributed by atoms with van der Waals surface area (Å²) in [7, 11) is 1.41. The molecule has 0 atom stereocenters. The number of aromatic hydroxyl groups is 1. The standard InChI is InChI=1S/C19H22FN5O4/c1-10(2)24-6-7-25-18(29)15(26)14(23-19(24)25)17(28)22-9-11-4-5-12(20)8-13(11)16(27)21-3/h4-5,8,10,26H,6-7,9H2,1-3H3,(H,21,27)(H,22,28). The summed E-state index contributed by atoms with van der Waals surface area (Å²) in [5.74, 6) is -2.27. The summed E-state index contributed by atoms with van der Waals surface area (Å²) >= 11 is 0. The summed E-state index contributed by atoms with van der Waals surface area (Å²) < 4.78 is 14.8. The topological polar surface area (TPSA) is 117 Å². The molecule has 2 aromatic rings. The number of carbonyl (C=O) groups excluding carboxylic acids is 2. The predicted octanol–water partition coefficient (Wildman–Crippen LogP) is 0.606. The summed E-state index contributed by atoms with van der Waals surface area (Å²) in [6, 6.07) is 3.68. The molecule has 9 nitrogen and oxygen atoms in total. The Morgan fingerprint density at radius 2 is 2.00 bits per heavy atom. The van der Waals surface area contributed by atoms with Crippen LogP contribution < -0.4 is 21.1 Å². The van der Waals surface area contributed by atoms with Crippen LogP contribution in [0.3, 0.4) is 0 Å². The highest BCUT2D eigenvalue weighted by Crippen LogP contribution is 2.23. The normalized spacial score (nSPS) is 12.8. The second-order valence-corrected chi connectivity index (χ2v) is 6.92. The fourth-order valence-electron chi connectivity index (χ4n) is 3.22. The van der Waals surface area contributed by atoms with Gasteiger partial charge in [0, 0.05) is 38.3 Å². The molecule has 1 aromatic heterocycles. The van der Waals surface area contributed by atoms with Crippen LogP contribution in [0.25, 0.3) is 0 Å². The quantitative estimate of drug-likeness (QED) is 0.673. The van der Waals surface area contributed by atoms with Crippen LogP contribution in [0, 0.1) is 5.82 Å². The molecule has 154 valence electrons. The molecule has 29 heavy (non-hydrogen) atoms. The fourth-order valence-corrected chi connectivity index (χ4v) is 3.22. The number of nitrogens with zero attached hydrogens (tertiary/aromatic N) is 3. The number of aromatic nitrogens is 2. The number of nitrogens with one attached hydrogen (secondary N) is 2. The van der Waals surface area contributed by atoms with E-state index in [1.165, 1.54) is 23.7 Å². The van der Waals surface area contributed by atoms with E-state index in [9.17, 15) is 23.9 Å². The highest BCUT2D eigenvalue weighted by atomic mass is 19.1. The van der Waals surface area contributed by atoms with Crippen molar-refractivity contribution in [2.24, 2.45) is 0 Å². The fraction of sp³-hybridized carbons (Fsp3) is 0.368. The Morgan fingerprint density at radius 3 is 2.66 bits per heavy atom. The van der Waals surface area contributed by atoms with Crippen molar-refractivity contribution in [3.63, 3.8) is 0 Å². The minimum atomic E-state index is -0.772. The maximum atomic E-state index is 13.5. The molecule has 0 unspecified atom stereocenters. The Morgan fingerprint density at radius 1 is 1.28 bits per heavy atom. The van der Waals surface area contributed by atoms with Crippen LogP contribution in [0.1, 0.15) is 40.3 Å². The predicted molar refractivity (Wildman–Crippen MR) is 104 cm³/mol. The lowest BCUT2D eigenvalue weighted by Gasteiger charge is -2.21. The van der Waals surface area contributed by atoms with Crippen LogP contribution in [0.5, 0.6) is 5.75 Å². The lowest BCUT2D eigenvalue weighted by Crippen LogP contribution is -2.32. The molecule has 1 aliphatic heterocycles. The van der Waals surface area contributed by atoms with E-state index in [4.69, 9.17) is 0 Å². The number of carbonyl (C=O) groups is 2. The summed E-state index contributed by atoms with van der Waals surface area (Å²) in [6.45, 7) is 4.68. The Hall–Kier alpha value is -3.43. The van der Waals surface area contributed by atoms with Gasteiger partial charge in [0.05, 0.1) is 0 Å². The maximum absolute atomic E-state index is 13.5. The van der Waals surface area contributed by atoms with Gasteiger partial charge in [-0.25, -0.2) is 9.37 Å². The van der Waals surface area contributed by atoms with E-state index < -0.39 is 34.6 Å². The van der Waals surface area contributed by atoms with Gasteiger partial charge in [-0.2, -0.15) is 0 Å². The smallest absolute Gasteiger partial charge is 0.298 e. The van der Waals surface area contributed by atoms with Gasteiger partial charge in [-0.05, 0) is 31.5 Å². The van der Waals surface area contributed by atoms with Crippen molar-refractivity contribution in [2.45, 2.75) is 33.0 Å². The van der Waals surface area contributed by atoms with E-state index >= 15 is 0 Å². The minimum absolute atomic E-state index is 0.0606. The summed E-state index contributed by atoms with van der Waals surface area (Å²) in [5, 5.41) is 15.1. The molecule has 3 N–H and O–H groups in total. The van der Waals surface area contributed by atoms with Gasteiger partial charge < -0.3 is 20.6 Å². The molecule has 0 bridgehead atoms. The summed E-state index contributed by atoms with van der Waals surface area (Å²) in [4.78, 5) is 43.0. The zero-order valence-electron chi connectivity index (χ0n) is 16.3. The van der Waals surface area contributed by atoms with E-state index in [1.54, 1.807) is 0 Å². The molecule has 0 aliphatic carbocycles. The molecule has 0 spiro atoms. The van der Waals surface area contributed by atoms with Crippen molar-refractivity contribution in [1.82, 2.24) is 20.2 Å². The lowest BCUT2D eigenvalue weighted by molar-refractivity contribution is 0.0933. The Kier molecular flexibility index (Phi) is 5.53. The Balaban J connectivity index is 1.88. The SMILES string of the molecule is CNC(=O)c1cc(F)ccc1CNC(=O)c1nc2n(c(=O)c1O)CCN2C(C)C. The summed E-state index contributed by atoms with van der Waals surface area (Å²) in [6.07, 6.45) is 0. The van der Waals surface area contributed by atoms with E-state index in [0.29, 0.717) is 24.6 Å². The molecule has 10 heteroatoms. The number of anilines is 1. The summed E-state index contributed by atoms with van der Waals surface area (Å²) in [5.41, 5.74) is -0.626. The van der Waals surface area contributed by atoms with Gasteiger partial charge in [-0.15, -0.1) is 0 Å². The second kappa shape index (κ2) is 7.90.